The Bertz CT molecular complexity index is 562. The first-order valence-corrected chi connectivity index (χ1v) is 7.23. The van der Waals surface area contributed by atoms with Crippen LogP contribution in [-0.2, 0) is 9.47 Å². The molecule has 2 rings (SSSR count). The summed E-state index contributed by atoms with van der Waals surface area (Å²) in [6.07, 6.45) is 3.55. The zero-order valence-corrected chi connectivity index (χ0v) is 12.5. The van der Waals surface area contributed by atoms with Crippen LogP contribution in [0.4, 0.5) is 17.6 Å². The van der Waals surface area contributed by atoms with Crippen molar-refractivity contribution in [3.05, 3.63) is 46.8 Å². The summed E-state index contributed by atoms with van der Waals surface area (Å²) in [5.41, 5.74) is 0.0591. The summed E-state index contributed by atoms with van der Waals surface area (Å²) in [6.45, 7) is 2.64. The molecule has 0 spiro atoms. The number of allylic oxidation sites excluding steroid dienone is 5. The highest BCUT2D eigenvalue weighted by molar-refractivity contribution is 5.51. The van der Waals surface area contributed by atoms with Crippen molar-refractivity contribution in [1.82, 2.24) is 0 Å². The molecule has 2 aliphatic rings. The van der Waals surface area contributed by atoms with E-state index in [4.69, 9.17) is 4.74 Å². The van der Waals surface area contributed by atoms with E-state index < -0.39 is 29.4 Å². The molecule has 0 heterocycles. The van der Waals surface area contributed by atoms with Crippen LogP contribution in [0, 0.1) is 0 Å². The van der Waals surface area contributed by atoms with E-state index in [2.05, 4.69) is 4.74 Å². The second-order valence-electron chi connectivity index (χ2n) is 4.90. The van der Waals surface area contributed by atoms with Crippen molar-refractivity contribution < 1.29 is 27.0 Å². The number of ether oxygens (including phenoxy) is 2. The van der Waals surface area contributed by atoms with E-state index in [0.717, 1.165) is 0 Å². The fourth-order valence-corrected chi connectivity index (χ4v) is 2.55. The Kier molecular flexibility index (Phi) is 5.11. The van der Waals surface area contributed by atoms with Gasteiger partial charge in [-0.1, -0.05) is 18.2 Å². The van der Waals surface area contributed by atoms with Gasteiger partial charge in [-0.3, -0.25) is 0 Å². The monoisotopic (exact) mass is 318 g/mol. The number of alkyl halides is 2. The predicted octanol–water partition coefficient (Wildman–Crippen LogP) is 4.76. The lowest BCUT2D eigenvalue weighted by molar-refractivity contribution is -0.163. The van der Waals surface area contributed by atoms with Crippen LogP contribution in [0.25, 0.3) is 0 Å². The largest absolute Gasteiger partial charge is 0.490 e. The average molecular weight is 318 g/mol. The minimum absolute atomic E-state index is 0.00327. The molecule has 0 saturated heterocycles. The first-order chi connectivity index (χ1) is 10.5. The molecular formula is C16H18F4O2. The van der Waals surface area contributed by atoms with Crippen molar-refractivity contribution in [3.8, 4) is 0 Å². The molecule has 0 aromatic heterocycles. The molecule has 2 nitrogen and oxygen atoms in total. The minimum Gasteiger partial charge on any atom is -0.490 e. The maximum absolute atomic E-state index is 14.7. The summed E-state index contributed by atoms with van der Waals surface area (Å²) < 4.78 is 67.2. The molecule has 6 heteroatoms. The highest BCUT2D eigenvalue weighted by Gasteiger charge is 2.55. The fourth-order valence-electron chi connectivity index (χ4n) is 2.55. The van der Waals surface area contributed by atoms with Crippen molar-refractivity contribution in [2.24, 2.45) is 0 Å². The lowest BCUT2D eigenvalue weighted by atomic mass is 9.86. The standard InChI is InChI=1S/C16H18F4O2/c1-3-21-13-11(10-8-6-5-7-9-10)14(18)16(20,22-4-2)15(19)12(13)17/h5-6,8,14H,3-4,7,9H2,1-2H3. The number of hydrogen-bond donors (Lipinski definition) is 0. The summed E-state index contributed by atoms with van der Waals surface area (Å²) >= 11 is 0. The van der Waals surface area contributed by atoms with Crippen molar-refractivity contribution in [1.29, 1.82) is 0 Å². The number of halogens is 4. The van der Waals surface area contributed by atoms with Gasteiger partial charge in [0.15, 0.2) is 11.9 Å². The third kappa shape index (κ3) is 2.72. The Hall–Kier alpha value is -1.56. The van der Waals surface area contributed by atoms with E-state index in [1.54, 1.807) is 19.1 Å². The van der Waals surface area contributed by atoms with Crippen LogP contribution < -0.4 is 0 Å². The van der Waals surface area contributed by atoms with Gasteiger partial charge < -0.3 is 9.47 Å². The van der Waals surface area contributed by atoms with Crippen LogP contribution in [0.1, 0.15) is 26.7 Å². The van der Waals surface area contributed by atoms with Gasteiger partial charge in [-0.25, -0.2) is 13.2 Å². The Labute approximate surface area is 126 Å². The summed E-state index contributed by atoms with van der Waals surface area (Å²) in [5.74, 6) is -7.50. The lowest BCUT2D eigenvalue weighted by Gasteiger charge is -2.34. The zero-order valence-electron chi connectivity index (χ0n) is 12.5. The van der Waals surface area contributed by atoms with Crippen LogP contribution in [0.5, 0.6) is 0 Å². The van der Waals surface area contributed by atoms with Gasteiger partial charge in [0.05, 0.1) is 6.61 Å². The topological polar surface area (TPSA) is 18.5 Å². The summed E-state index contributed by atoms with van der Waals surface area (Å²) in [4.78, 5) is 0. The van der Waals surface area contributed by atoms with Gasteiger partial charge in [0.2, 0.25) is 11.7 Å². The highest BCUT2D eigenvalue weighted by atomic mass is 19.2. The number of rotatable bonds is 5. The lowest BCUT2D eigenvalue weighted by Crippen LogP contribution is -2.44. The molecule has 0 radical (unpaired) electrons. The highest BCUT2D eigenvalue weighted by Crippen LogP contribution is 2.47. The zero-order chi connectivity index (χ0) is 16.3. The van der Waals surface area contributed by atoms with Crippen molar-refractivity contribution in [2.45, 2.75) is 38.7 Å². The van der Waals surface area contributed by atoms with Gasteiger partial charge >= 0.3 is 5.85 Å². The second kappa shape index (κ2) is 6.69. The number of hydrogen-bond acceptors (Lipinski definition) is 2. The maximum atomic E-state index is 14.7. The normalized spacial score (nSPS) is 29.0. The molecule has 0 aliphatic heterocycles. The van der Waals surface area contributed by atoms with Gasteiger partial charge in [0.25, 0.3) is 0 Å². The van der Waals surface area contributed by atoms with Gasteiger partial charge in [-0.05, 0) is 32.3 Å². The molecule has 2 aliphatic carbocycles. The Morgan fingerprint density at radius 3 is 2.55 bits per heavy atom. The molecule has 0 bridgehead atoms. The SMILES string of the molecule is CCOC1=C(C2=CC=CCC2)C(F)C(F)(OCC)C(F)=C1F. The molecule has 2 unspecified atom stereocenters. The third-order valence-corrected chi connectivity index (χ3v) is 3.52. The minimum atomic E-state index is -3.46. The van der Waals surface area contributed by atoms with Crippen LogP contribution in [0.15, 0.2) is 46.8 Å². The maximum Gasteiger partial charge on any atom is 0.300 e. The quantitative estimate of drug-likeness (QED) is 0.681. The van der Waals surface area contributed by atoms with E-state index in [1.807, 2.05) is 6.08 Å². The first-order valence-electron chi connectivity index (χ1n) is 7.23. The van der Waals surface area contributed by atoms with E-state index >= 15 is 0 Å². The van der Waals surface area contributed by atoms with Crippen molar-refractivity contribution >= 4 is 0 Å². The van der Waals surface area contributed by atoms with E-state index in [-0.39, 0.29) is 18.8 Å². The summed E-state index contributed by atoms with van der Waals surface area (Å²) in [7, 11) is 0. The Morgan fingerprint density at radius 2 is 2.00 bits per heavy atom. The van der Waals surface area contributed by atoms with Crippen LogP contribution in [0.2, 0.25) is 0 Å². The van der Waals surface area contributed by atoms with E-state index in [1.165, 1.54) is 6.92 Å². The average Bonchev–Trinajstić information content (AvgIpc) is 2.52. The predicted molar refractivity (Wildman–Crippen MR) is 74.7 cm³/mol. The molecule has 2 atom stereocenters. The molecule has 0 aromatic carbocycles. The van der Waals surface area contributed by atoms with Crippen LogP contribution in [-0.4, -0.2) is 25.2 Å². The van der Waals surface area contributed by atoms with Crippen LogP contribution in [0.3, 0.4) is 0 Å². The molecular weight excluding hydrogens is 300 g/mol. The van der Waals surface area contributed by atoms with Gasteiger partial charge in [-0.2, -0.15) is 4.39 Å². The van der Waals surface area contributed by atoms with Gasteiger partial charge in [0, 0.05) is 12.2 Å². The van der Waals surface area contributed by atoms with Crippen molar-refractivity contribution in [3.63, 3.8) is 0 Å². The summed E-state index contributed by atoms with van der Waals surface area (Å²) in [5, 5.41) is 0. The first kappa shape index (κ1) is 16.8. The molecule has 0 aromatic rings. The van der Waals surface area contributed by atoms with Crippen molar-refractivity contribution in [2.75, 3.05) is 13.2 Å². The molecule has 0 saturated carbocycles. The third-order valence-electron chi connectivity index (χ3n) is 3.52. The smallest absolute Gasteiger partial charge is 0.300 e. The molecule has 0 fully saturated rings. The fraction of sp³-hybridized carbons (Fsp3) is 0.500. The molecule has 0 amide bonds. The Balaban J connectivity index is 2.60. The summed E-state index contributed by atoms with van der Waals surface area (Å²) in [6, 6.07) is 0. The molecule has 122 valence electrons. The van der Waals surface area contributed by atoms with Gasteiger partial charge in [-0.15, -0.1) is 0 Å². The van der Waals surface area contributed by atoms with Gasteiger partial charge in [0.1, 0.15) is 0 Å². The van der Waals surface area contributed by atoms with E-state index in [0.29, 0.717) is 18.4 Å². The molecule has 22 heavy (non-hydrogen) atoms. The second-order valence-corrected chi connectivity index (χ2v) is 4.90. The Morgan fingerprint density at radius 1 is 1.27 bits per heavy atom. The molecule has 0 N–H and O–H groups in total. The van der Waals surface area contributed by atoms with Crippen LogP contribution >= 0.6 is 0 Å². The van der Waals surface area contributed by atoms with E-state index in [9.17, 15) is 17.6 Å².